The van der Waals surface area contributed by atoms with E-state index in [9.17, 15) is 0 Å². The average Bonchev–Trinajstić information content (AvgIpc) is 2.84. The molecule has 1 atom stereocenters. The molecule has 0 amide bonds. The summed E-state index contributed by atoms with van der Waals surface area (Å²) < 4.78 is 5.66. The Labute approximate surface area is 79.7 Å². The van der Waals surface area contributed by atoms with Crippen LogP contribution < -0.4 is 5.48 Å². The molecule has 1 fully saturated rings. The van der Waals surface area contributed by atoms with Gasteiger partial charge in [-0.05, 0) is 24.7 Å². The summed E-state index contributed by atoms with van der Waals surface area (Å²) in [6.45, 7) is 7.02. The fourth-order valence-corrected chi connectivity index (χ4v) is 1.47. The zero-order chi connectivity index (χ0) is 9.73. The molecule has 0 heterocycles. The first kappa shape index (κ1) is 10.7. The second-order valence-electron chi connectivity index (χ2n) is 3.95. The highest BCUT2D eigenvalue weighted by atomic mass is 16.5. The lowest BCUT2D eigenvalue weighted by atomic mass is 9.99. The van der Waals surface area contributed by atoms with Crippen LogP contribution in [0.25, 0.3) is 0 Å². The van der Waals surface area contributed by atoms with Crippen LogP contribution in [0.1, 0.15) is 26.2 Å². The summed E-state index contributed by atoms with van der Waals surface area (Å²) in [4.78, 5) is 0. The van der Waals surface area contributed by atoms with Crippen molar-refractivity contribution in [3.8, 4) is 0 Å². The molecule has 0 saturated heterocycles. The Kier molecular flexibility index (Phi) is 3.90. The molecule has 0 aliphatic heterocycles. The van der Waals surface area contributed by atoms with Gasteiger partial charge in [-0.25, -0.2) is 5.48 Å². The van der Waals surface area contributed by atoms with Crippen molar-refractivity contribution in [3.63, 3.8) is 0 Å². The van der Waals surface area contributed by atoms with Crippen molar-refractivity contribution >= 4 is 0 Å². The zero-order valence-corrected chi connectivity index (χ0v) is 8.25. The Morgan fingerprint density at radius 1 is 1.69 bits per heavy atom. The van der Waals surface area contributed by atoms with Gasteiger partial charge in [-0.1, -0.05) is 13.0 Å². The number of hydrogen-bond acceptors (Lipinski definition) is 3. The molecular formula is C10H19NO2. The molecule has 76 valence electrons. The summed E-state index contributed by atoms with van der Waals surface area (Å²) in [7, 11) is 0. The maximum Gasteiger partial charge on any atom is 0.0663 e. The van der Waals surface area contributed by atoms with E-state index in [0.29, 0.717) is 18.6 Å². The van der Waals surface area contributed by atoms with Crippen molar-refractivity contribution in [2.75, 3.05) is 13.2 Å². The normalized spacial score (nSPS) is 21.1. The third-order valence-electron chi connectivity index (χ3n) is 2.73. The van der Waals surface area contributed by atoms with Gasteiger partial charge in [0.25, 0.3) is 0 Å². The number of rotatable bonds is 7. The Morgan fingerprint density at radius 3 is 2.85 bits per heavy atom. The topological polar surface area (TPSA) is 41.5 Å². The second-order valence-corrected chi connectivity index (χ2v) is 3.95. The zero-order valence-electron chi connectivity index (χ0n) is 8.25. The van der Waals surface area contributed by atoms with Crippen LogP contribution in [-0.4, -0.2) is 24.5 Å². The van der Waals surface area contributed by atoms with Crippen molar-refractivity contribution in [3.05, 3.63) is 12.7 Å². The molecule has 13 heavy (non-hydrogen) atoms. The van der Waals surface area contributed by atoms with E-state index < -0.39 is 0 Å². The van der Waals surface area contributed by atoms with Crippen LogP contribution in [0.15, 0.2) is 12.7 Å². The van der Waals surface area contributed by atoms with E-state index in [1.807, 2.05) is 6.08 Å². The van der Waals surface area contributed by atoms with Gasteiger partial charge < -0.3 is 9.94 Å². The summed E-state index contributed by atoms with van der Waals surface area (Å²) in [6, 6.07) is 0. The second kappa shape index (κ2) is 4.74. The molecule has 2 N–H and O–H groups in total. The molecular weight excluding hydrogens is 166 g/mol. The first-order valence-electron chi connectivity index (χ1n) is 4.82. The van der Waals surface area contributed by atoms with Crippen molar-refractivity contribution in [2.45, 2.75) is 32.3 Å². The minimum atomic E-state index is 0.276. The monoisotopic (exact) mass is 185 g/mol. The standard InChI is InChI=1S/C10H19NO2/c1-3-4-9(10(2)5-6-10)13-8-7-11-12/h3,9,11-12H,1,4-8H2,2H3. The highest BCUT2D eigenvalue weighted by molar-refractivity contribution is 4.98. The molecule has 0 spiro atoms. The fourth-order valence-electron chi connectivity index (χ4n) is 1.47. The molecule has 1 rings (SSSR count). The van der Waals surface area contributed by atoms with Crippen molar-refractivity contribution in [2.24, 2.45) is 5.41 Å². The molecule has 3 heteroatoms. The van der Waals surface area contributed by atoms with E-state index in [0.717, 1.165) is 6.42 Å². The lowest BCUT2D eigenvalue weighted by molar-refractivity contribution is -0.000672. The van der Waals surface area contributed by atoms with E-state index in [1.165, 1.54) is 12.8 Å². The first-order chi connectivity index (χ1) is 6.23. The number of nitrogens with one attached hydrogen (secondary N) is 1. The predicted molar refractivity (Wildman–Crippen MR) is 51.7 cm³/mol. The summed E-state index contributed by atoms with van der Waals surface area (Å²) in [5.41, 5.74) is 2.45. The lowest BCUT2D eigenvalue weighted by Gasteiger charge is -2.22. The van der Waals surface area contributed by atoms with E-state index in [2.05, 4.69) is 19.0 Å². The van der Waals surface area contributed by atoms with Crippen LogP contribution in [0.3, 0.4) is 0 Å². The Morgan fingerprint density at radius 2 is 2.38 bits per heavy atom. The van der Waals surface area contributed by atoms with Crippen molar-refractivity contribution in [1.82, 2.24) is 5.48 Å². The highest BCUT2D eigenvalue weighted by Crippen LogP contribution is 2.50. The molecule has 0 aromatic carbocycles. The molecule has 1 aliphatic carbocycles. The quantitative estimate of drug-likeness (QED) is 0.360. The van der Waals surface area contributed by atoms with Crippen LogP contribution in [0.4, 0.5) is 0 Å². The van der Waals surface area contributed by atoms with Gasteiger partial charge >= 0.3 is 0 Å². The Balaban J connectivity index is 2.26. The molecule has 0 aromatic heterocycles. The Bertz CT molecular complexity index is 166. The van der Waals surface area contributed by atoms with Gasteiger partial charge in [0.05, 0.1) is 12.7 Å². The largest absolute Gasteiger partial charge is 0.376 e. The number of ether oxygens (including phenoxy) is 1. The third-order valence-corrected chi connectivity index (χ3v) is 2.73. The average molecular weight is 185 g/mol. The SMILES string of the molecule is C=CCC(OCCNO)C1(C)CC1. The molecule has 1 aliphatic rings. The maximum absolute atomic E-state index is 8.38. The number of hydroxylamine groups is 1. The van der Waals surface area contributed by atoms with Gasteiger partial charge in [0.15, 0.2) is 0 Å². The smallest absolute Gasteiger partial charge is 0.0663 e. The number of hydrogen-bond donors (Lipinski definition) is 2. The van der Waals surface area contributed by atoms with E-state index in [-0.39, 0.29) is 6.10 Å². The van der Waals surface area contributed by atoms with Crippen molar-refractivity contribution in [1.29, 1.82) is 0 Å². The molecule has 0 radical (unpaired) electrons. The van der Waals surface area contributed by atoms with Gasteiger partial charge in [-0.3, -0.25) is 0 Å². The molecule has 3 nitrogen and oxygen atoms in total. The Hall–Kier alpha value is -0.380. The molecule has 1 unspecified atom stereocenters. The van der Waals surface area contributed by atoms with Gasteiger partial charge in [0.1, 0.15) is 0 Å². The van der Waals surface area contributed by atoms with Crippen molar-refractivity contribution < 1.29 is 9.94 Å². The molecule has 0 bridgehead atoms. The highest BCUT2D eigenvalue weighted by Gasteiger charge is 2.44. The van der Waals surface area contributed by atoms with Gasteiger partial charge in [-0.15, -0.1) is 6.58 Å². The van der Waals surface area contributed by atoms with Gasteiger partial charge in [0.2, 0.25) is 0 Å². The third kappa shape index (κ3) is 3.10. The van der Waals surface area contributed by atoms with Crippen LogP contribution >= 0.6 is 0 Å². The van der Waals surface area contributed by atoms with Crippen LogP contribution in [0.2, 0.25) is 0 Å². The summed E-state index contributed by atoms with van der Waals surface area (Å²) in [5, 5.41) is 8.38. The van der Waals surface area contributed by atoms with E-state index in [4.69, 9.17) is 9.94 Å². The van der Waals surface area contributed by atoms with Crippen LogP contribution in [0, 0.1) is 5.41 Å². The van der Waals surface area contributed by atoms with Gasteiger partial charge in [-0.2, -0.15) is 0 Å². The summed E-state index contributed by atoms with van der Waals surface area (Å²) in [6.07, 6.45) is 5.58. The molecule has 0 aromatic rings. The van der Waals surface area contributed by atoms with Gasteiger partial charge in [0, 0.05) is 6.54 Å². The summed E-state index contributed by atoms with van der Waals surface area (Å²) in [5.74, 6) is 0. The van der Waals surface area contributed by atoms with E-state index >= 15 is 0 Å². The minimum Gasteiger partial charge on any atom is -0.376 e. The fraction of sp³-hybridized carbons (Fsp3) is 0.800. The molecule has 1 saturated carbocycles. The maximum atomic E-state index is 8.38. The van der Waals surface area contributed by atoms with Crippen LogP contribution in [-0.2, 0) is 4.74 Å². The minimum absolute atomic E-state index is 0.276. The van der Waals surface area contributed by atoms with Crippen LogP contribution in [0.5, 0.6) is 0 Å². The first-order valence-corrected chi connectivity index (χ1v) is 4.82. The van der Waals surface area contributed by atoms with E-state index in [1.54, 1.807) is 0 Å². The predicted octanol–water partition coefficient (Wildman–Crippen LogP) is 1.73. The summed E-state index contributed by atoms with van der Waals surface area (Å²) >= 11 is 0. The lowest BCUT2D eigenvalue weighted by Crippen LogP contribution is -2.26.